The van der Waals surface area contributed by atoms with Crippen LogP contribution in [-0.2, 0) is 5.54 Å². The Balaban J connectivity index is 1.53. The summed E-state index contributed by atoms with van der Waals surface area (Å²) in [5.41, 5.74) is 5.69. The molecule has 0 unspecified atom stereocenters. The molecule has 0 aliphatic carbocycles. The number of nitro groups is 1. The van der Waals surface area contributed by atoms with Gasteiger partial charge in [-0.1, -0.05) is 91.0 Å². The average molecular weight is 599 g/mol. The topological polar surface area (TPSA) is 110 Å². The zero-order valence-corrected chi connectivity index (χ0v) is 24.5. The van der Waals surface area contributed by atoms with Gasteiger partial charge in [-0.2, -0.15) is 10.4 Å². The van der Waals surface area contributed by atoms with E-state index in [0.29, 0.717) is 5.69 Å². The van der Waals surface area contributed by atoms with Crippen molar-refractivity contribution in [3.05, 3.63) is 184 Å². The maximum atomic E-state index is 11.9. The largest absolute Gasteiger partial charge is 0.350 e. The van der Waals surface area contributed by atoms with E-state index in [1.54, 1.807) is 24.5 Å². The van der Waals surface area contributed by atoms with Gasteiger partial charge in [0.05, 0.1) is 22.1 Å². The zero-order chi connectivity index (χ0) is 31.5. The van der Waals surface area contributed by atoms with Crippen molar-refractivity contribution in [1.29, 1.82) is 5.26 Å². The van der Waals surface area contributed by atoms with Crippen molar-refractivity contribution in [2.45, 2.75) is 5.54 Å². The van der Waals surface area contributed by atoms with E-state index >= 15 is 0 Å². The van der Waals surface area contributed by atoms with Crippen LogP contribution < -0.4 is 5.32 Å². The standard InChI is InChI=1S/C38H26N6O2/c39-26-27-16-18-34(36(24-27)44(45)46)41-32-17-19-35-33(25-32)37(28-20-22-40-23-21-28)42-43(35)38(29-10-4-1-5-11-29,30-12-6-2-7-13-30)31-14-8-3-9-15-31/h1-25,41H. The molecule has 0 aliphatic heterocycles. The number of nitro benzene ring substituents is 1. The summed E-state index contributed by atoms with van der Waals surface area (Å²) in [6.45, 7) is 0. The number of fused-ring (bicyclic) bond motifs is 1. The SMILES string of the molecule is N#Cc1ccc(Nc2ccc3c(c2)c(-c2ccncc2)nn3C(c2ccccc2)(c2ccccc2)c2ccccc2)c([N+](=O)[O-])c1. The summed E-state index contributed by atoms with van der Waals surface area (Å²) >= 11 is 0. The molecule has 8 nitrogen and oxygen atoms in total. The Morgan fingerprint density at radius 1 is 0.739 bits per heavy atom. The summed E-state index contributed by atoms with van der Waals surface area (Å²) in [4.78, 5) is 15.6. The van der Waals surface area contributed by atoms with Gasteiger partial charge in [0, 0.05) is 35.1 Å². The lowest BCUT2D eigenvalue weighted by Crippen LogP contribution is -2.38. The van der Waals surface area contributed by atoms with Gasteiger partial charge in [-0.25, -0.2) is 4.68 Å². The molecule has 0 saturated carbocycles. The summed E-state index contributed by atoms with van der Waals surface area (Å²) in [5.74, 6) is 0. The van der Waals surface area contributed by atoms with Gasteiger partial charge in [0.25, 0.3) is 5.69 Å². The smallest absolute Gasteiger partial charge is 0.293 e. The number of rotatable bonds is 8. The second-order valence-electron chi connectivity index (χ2n) is 10.8. The molecule has 8 heteroatoms. The summed E-state index contributed by atoms with van der Waals surface area (Å²) in [7, 11) is 0. The number of nitrogens with one attached hydrogen (secondary N) is 1. The first-order chi connectivity index (χ1) is 22.6. The molecule has 2 aromatic heterocycles. The predicted octanol–water partition coefficient (Wildman–Crippen LogP) is 8.46. The second kappa shape index (κ2) is 11.8. The maximum Gasteiger partial charge on any atom is 0.293 e. The molecule has 5 aromatic carbocycles. The highest BCUT2D eigenvalue weighted by atomic mass is 16.6. The van der Waals surface area contributed by atoms with Crippen LogP contribution in [0.25, 0.3) is 22.2 Å². The summed E-state index contributed by atoms with van der Waals surface area (Å²) < 4.78 is 2.09. The fourth-order valence-electron chi connectivity index (χ4n) is 6.09. The number of aromatic nitrogens is 3. The lowest BCUT2D eigenvalue weighted by atomic mass is 9.77. The fraction of sp³-hybridized carbons (Fsp3) is 0.0263. The molecule has 0 spiro atoms. The first-order valence-corrected chi connectivity index (χ1v) is 14.7. The van der Waals surface area contributed by atoms with Crippen LogP contribution in [0.4, 0.5) is 17.1 Å². The number of benzene rings is 5. The van der Waals surface area contributed by atoms with Gasteiger partial charge in [0.15, 0.2) is 0 Å². The van der Waals surface area contributed by atoms with E-state index in [1.807, 2.05) is 91.0 Å². The Labute approximate surface area is 265 Å². The number of nitrogens with zero attached hydrogens (tertiary/aromatic N) is 5. The predicted molar refractivity (Wildman–Crippen MR) is 179 cm³/mol. The third-order valence-electron chi connectivity index (χ3n) is 8.13. The molecule has 2 heterocycles. The second-order valence-corrected chi connectivity index (χ2v) is 10.8. The highest BCUT2D eigenvalue weighted by molar-refractivity contribution is 5.96. The Morgan fingerprint density at radius 2 is 1.33 bits per heavy atom. The molecule has 0 amide bonds. The minimum atomic E-state index is -0.853. The first-order valence-electron chi connectivity index (χ1n) is 14.7. The molecule has 46 heavy (non-hydrogen) atoms. The van der Waals surface area contributed by atoms with E-state index in [-0.39, 0.29) is 16.9 Å². The zero-order valence-electron chi connectivity index (χ0n) is 24.5. The molecule has 0 aliphatic rings. The van der Waals surface area contributed by atoms with Gasteiger partial charge in [-0.3, -0.25) is 15.1 Å². The highest BCUT2D eigenvalue weighted by Gasteiger charge is 2.41. The van der Waals surface area contributed by atoms with Gasteiger partial charge in [-0.05, 0) is 59.2 Å². The number of pyridine rings is 1. The van der Waals surface area contributed by atoms with Crippen molar-refractivity contribution < 1.29 is 4.92 Å². The maximum absolute atomic E-state index is 11.9. The van der Waals surface area contributed by atoms with Crippen LogP contribution in [0.2, 0.25) is 0 Å². The molecule has 7 rings (SSSR count). The van der Waals surface area contributed by atoms with Crippen molar-refractivity contribution in [3.63, 3.8) is 0 Å². The van der Waals surface area contributed by atoms with E-state index in [9.17, 15) is 15.4 Å². The number of hydrogen-bond acceptors (Lipinski definition) is 6. The van der Waals surface area contributed by atoms with Crippen LogP contribution in [0, 0.1) is 21.4 Å². The lowest BCUT2D eigenvalue weighted by Gasteiger charge is -2.37. The quantitative estimate of drug-likeness (QED) is 0.107. The van der Waals surface area contributed by atoms with Crippen LogP contribution in [0.5, 0.6) is 0 Å². The van der Waals surface area contributed by atoms with Crippen molar-refractivity contribution in [3.8, 4) is 17.3 Å². The molecular weight excluding hydrogens is 572 g/mol. The third kappa shape index (κ3) is 4.82. The van der Waals surface area contributed by atoms with E-state index < -0.39 is 10.5 Å². The summed E-state index contributed by atoms with van der Waals surface area (Å²) in [5, 5.41) is 30.6. The van der Waals surface area contributed by atoms with Crippen LogP contribution in [-0.4, -0.2) is 19.7 Å². The third-order valence-corrected chi connectivity index (χ3v) is 8.13. The van der Waals surface area contributed by atoms with Gasteiger partial charge >= 0.3 is 0 Å². The number of anilines is 2. The Kier molecular flexibility index (Phi) is 7.25. The fourth-order valence-corrected chi connectivity index (χ4v) is 6.09. The molecule has 7 aromatic rings. The minimum absolute atomic E-state index is 0.180. The molecule has 1 N–H and O–H groups in total. The van der Waals surface area contributed by atoms with Gasteiger partial charge < -0.3 is 5.32 Å². The molecule has 220 valence electrons. The van der Waals surface area contributed by atoms with Crippen molar-refractivity contribution in [1.82, 2.24) is 14.8 Å². The lowest BCUT2D eigenvalue weighted by molar-refractivity contribution is -0.383. The van der Waals surface area contributed by atoms with Gasteiger partial charge in [-0.15, -0.1) is 0 Å². The Hall–Kier alpha value is -6.59. The van der Waals surface area contributed by atoms with Crippen molar-refractivity contribution >= 4 is 28.0 Å². The Bertz CT molecular complexity index is 2110. The highest BCUT2D eigenvalue weighted by Crippen LogP contribution is 2.44. The molecule has 0 bridgehead atoms. The van der Waals surface area contributed by atoms with Gasteiger partial charge in [0.1, 0.15) is 16.9 Å². The minimum Gasteiger partial charge on any atom is -0.350 e. The molecule has 0 fully saturated rings. The number of nitriles is 1. The van der Waals surface area contributed by atoms with E-state index in [4.69, 9.17) is 5.10 Å². The van der Waals surface area contributed by atoms with E-state index in [2.05, 4.69) is 51.4 Å². The molecule has 0 radical (unpaired) electrons. The number of hydrogen-bond donors (Lipinski definition) is 1. The first kappa shape index (κ1) is 28.2. The Morgan fingerprint density at radius 3 is 1.87 bits per heavy atom. The average Bonchev–Trinajstić information content (AvgIpc) is 3.49. The van der Waals surface area contributed by atoms with E-state index in [0.717, 1.165) is 38.9 Å². The van der Waals surface area contributed by atoms with Crippen LogP contribution >= 0.6 is 0 Å². The summed E-state index contributed by atoms with van der Waals surface area (Å²) in [6.07, 6.45) is 3.47. The van der Waals surface area contributed by atoms with Gasteiger partial charge in [0.2, 0.25) is 0 Å². The monoisotopic (exact) mass is 598 g/mol. The van der Waals surface area contributed by atoms with Crippen LogP contribution in [0.15, 0.2) is 152 Å². The normalized spacial score (nSPS) is 11.2. The van der Waals surface area contributed by atoms with E-state index in [1.165, 1.54) is 6.07 Å². The molecule has 0 atom stereocenters. The van der Waals surface area contributed by atoms with Crippen LogP contribution in [0.1, 0.15) is 22.3 Å². The molecular formula is C38H26N6O2. The van der Waals surface area contributed by atoms with Crippen molar-refractivity contribution in [2.24, 2.45) is 0 Å². The van der Waals surface area contributed by atoms with Crippen LogP contribution in [0.3, 0.4) is 0 Å². The summed E-state index contributed by atoms with van der Waals surface area (Å²) in [6, 6.07) is 47.1. The van der Waals surface area contributed by atoms with Crippen molar-refractivity contribution in [2.75, 3.05) is 5.32 Å². The molecule has 0 saturated heterocycles.